The van der Waals surface area contributed by atoms with Crippen LogP contribution in [0.1, 0.15) is 30.6 Å². The first-order valence-electron chi connectivity index (χ1n) is 6.54. The average Bonchev–Trinajstić information content (AvgIpc) is 2.37. The van der Waals surface area contributed by atoms with Crippen molar-refractivity contribution in [3.05, 3.63) is 36.0 Å². The molecular formula is C15H18N2O3. The van der Waals surface area contributed by atoms with Gasteiger partial charge in [0.25, 0.3) is 0 Å². The number of carboxylic acids is 1. The second kappa shape index (κ2) is 5.88. The van der Waals surface area contributed by atoms with Gasteiger partial charge in [-0.3, -0.25) is 0 Å². The molecule has 0 amide bonds. The normalized spacial score (nSPS) is 13.9. The molecule has 1 aromatic carbocycles. The maximum Gasteiger partial charge on any atom is 0.337 e. The standard InChI is InChI=1S/C15H18N2O3/c1-9(7-10(2)18)17-14-12-6-4-3-5-11(12)13(8-16-14)15(19)20/h3-6,8-10,18H,7H2,1-2H3,(H,16,17)(H,19,20). The molecule has 20 heavy (non-hydrogen) atoms. The fraction of sp³-hybridized carbons (Fsp3) is 0.333. The number of hydrogen-bond donors (Lipinski definition) is 3. The van der Waals surface area contributed by atoms with Crippen LogP contribution in [0.3, 0.4) is 0 Å². The Kier molecular flexibility index (Phi) is 4.20. The summed E-state index contributed by atoms with van der Waals surface area (Å²) >= 11 is 0. The Bertz CT molecular complexity index is 626. The van der Waals surface area contributed by atoms with Crippen molar-refractivity contribution in [3.8, 4) is 0 Å². The molecule has 0 spiro atoms. The maximum absolute atomic E-state index is 11.2. The molecular weight excluding hydrogens is 256 g/mol. The summed E-state index contributed by atoms with van der Waals surface area (Å²) < 4.78 is 0. The molecule has 0 fully saturated rings. The Morgan fingerprint density at radius 2 is 1.95 bits per heavy atom. The number of aromatic nitrogens is 1. The lowest BCUT2D eigenvalue weighted by molar-refractivity contribution is 0.0698. The molecule has 0 radical (unpaired) electrons. The molecule has 1 heterocycles. The Hall–Kier alpha value is -2.14. The summed E-state index contributed by atoms with van der Waals surface area (Å²) in [4.78, 5) is 15.4. The zero-order valence-electron chi connectivity index (χ0n) is 11.5. The second-order valence-corrected chi connectivity index (χ2v) is 5.00. The molecule has 0 aliphatic heterocycles. The van der Waals surface area contributed by atoms with Gasteiger partial charge in [-0.15, -0.1) is 0 Å². The maximum atomic E-state index is 11.2. The van der Waals surface area contributed by atoms with Gasteiger partial charge in [-0.25, -0.2) is 9.78 Å². The summed E-state index contributed by atoms with van der Waals surface area (Å²) in [7, 11) is 0. The highest BCUT2D eigenvalue weighted by atomic mass is 16.4. The van der Waals surface area contributed by atoms with Crippen LogP contribution in [0.15, 0.2) is 30.5 Å². The summed E-state index contributed by atoms with van der Waals surface area (Å²) in [6.45, 7) is 3.69. The fourth-order valence-corrected chi connectivity index (χ4v) is 2.28. The number of anilines is 1. The Balaban J connectivity index is 2.40. The molecule has 0 aliphatic rings. The first-order chi connectivity index (χ1) is 9.49. The summed E-state index contributed by atoms with van der Waals surface area (Å²) in [6, 6.07) is 7.30. The van der Waals surface area contributed by atoms with Crippen LogP contribution < -0.4 is 5.32 Å². The zero-order valence-corrected chi connectivity index (χ0v) is 11.5. The van der Waals surface area contributed by atoms with E-state index < -0.39 is 12.1 Å². The van der Waals surface area contributed by atoms with E-state index in [1.807, 2.05) is 19.1 Å². The number of aliphatic hydroxyl groups is 1. The predicted octanol–water partition coefficient (Wildman–Crippen LogP) is 2.50. The molecule has 2 aromatic rings. The zero-order chi connectivity index (χ0) is 14.7. The predicted molar refractivity (Wildman–Crippen MR) is 78.1 cm³/mol. The van der Waals surface area contributed by atoms with Crippen molar-refractivity contribution in [2.75, 3.05) is 5.32 Å². The third-order valence-corrected chi connectivity index (χ3v) is 3.10. The van der Waals surface area contributed by atoms with Crippen LogP contribution in [0.4, 0.5) is 5.82 Å². The van der Waals surface area contributed by atoms with E-state index >= 15 is 0 Å². The second-order valence-electron chi connectivity index (χ2n) is 5.00. The van der Waals surface area contributed by atoms with Crippen molar-refractivity contribution in [1.82, 2.24) is 4.98 Å². The van der Waals surface area contributed by atoms with Crippen molar-refractivity contribution in [1.29, 1.82) is 0 Å². The van der Waals surface area contributed by atoms with Crippen LogP contribution in [0.5, 0.6) is 0 Å². The van der Waals surface area contributed by atoms with Crippen LogP contribution in [-0.4, -0.2) is 33.3 Å². The number of rotatable bonds is 5. The monoisotopic (exact) mass is 274 g/mol. The van der Waals surface area contributed by atoms with Crippen LogP contribution in [0.2, 0.25) is 0 Å². The highest BCUT2D eigenvalue weighted by molar-refractivity contribution is 6.06. The van der Waals surface area contributed by atoms with Gasteiger partial charge in [-0.2, -0.15) is 0 Å². The van der Waals surface area contributed by atoms with Crippen molar-refractivity contribution < 1.29 is 15.0 Å². The fourth-order valence-electron chi connectivity index (χ4n) is 2.28. The van der Waals surface area contributed by atoms with Crippen molar-refractivity contribution >= 4 is 22.6 Å². The lowest BCUT2D eigenvalue weighted by atomic mass is 10.1. The molecule has 0 aliphatic carbocycles. The summed E-state index contributed by atoms with van der Waals surface area (Å²) in [6.07, 6.45) is 1.56. The smallest absolute Gasteiger partial charge is 0.337 e. The number of hydrogen-bond acceptors (Lipinski definition) is 4. The molecule has 2 atom stereocenters. The lowest BCUT2D eigenvalue weighted by Crippen LogP contribution is -2.21. The van der Waals surface area contributed by atoms with Gasteiger partial charge in [0.05, 0.1) is 11.7 Å². The molecule has 0 saturated carbocycles. The molecule has 2 rings (SSSR count). The summed E-state index contributed by atoms with van der Waals surface area (Å²) in [5.41, 5.74) is 0.189. The number of pyridine rings is 1. The van der Waals surface area contributed by atoms with Gasteiger partial charge < -0.3 is 15.5 Å². The van der Waals surface area contributed by atoms with Crippen molar-refractivity contribution in [2.45, 2.75) is 32.4 Å². The minimum Gasteiger partial charge on any atom is -0.478 e. The Morgan fingerprint density at radius 3 is 2.55 bits per heavy atom. The number of aliphatic hydroxyl groups excluding tert-OH is 1. The van der Waals surface area contributed by atoms with Crippen molar-refractivity contribution in [2.24, 2.45) is 0 Å². The molecule has 3 N–H and O–H groups in total. The van der Waals surface area contributed by atoms with E-state index in [4.69, 9.17) is 0 Å². The minimum absolute atomic E-state index is 0.0431. The molecule has 106 valence electrons. The van der Waals surface area contributed by atoms with E-state index in [0.29, 0.717) is 17.6 Å². The number of nitrogens with one attached hydrogen (secondary N) is 1. The first kappa shape index (κ1) is 14.3. The number of nitrogens with zero attached hydrogens (tertiary/aromatic N) is 1. The Morgan fingerprint density at radius 1 is 1.30 bits per heavy atom. The van der Waals surface area contributed by atoms with Gasteiger partial charge >= 0.3 is 5.97 Å². The van der Waals surface area contributed by atoms with E-state index in [-0.39, 0.29) is 11.6 Å². The van der Waals surface area contributed by atoms with Crippen molar-refractivity contribution in [3.63, 3.8) is 0 Å². The average molecular weight is 274 g/mol. The van der Waals surface area contributed by atoms with Crippen LogP contribution in [0.25, 0.3) is 10.8 Å². The highest BCUT2D eigenvalue weighted by Crippen LogP contribution is 2.25. The van der Waals surface area contributed by atoms with E-state index in [2.05, 4.69) is 10.3 Å². The minimum atomic E-state index is -0.989. The Labute approximate surface area is 117 Å². The summed E-state index contributed by atoms with van der Waals surface area (Å²) in [5, 5.41) is 23.2. The van der Waals surface area contributed by atoms with Gasteiger partial charge in [-0.1, -0.05) is 24.3 Å². The molecule has 2 unspecified atom stereocenters. The van der Waals surface area contributed by atoms with E-state index in [1.165, 1.54) is 6.20 Å². The quantitative estimate of drug-likeness (QED) is 0.780. The van der Waals surface area contributed by atoms with Gasteiger partial charge in [0.2, 0.25) is 0 Å². The molecule has 5 heteroatoms. The van der Waals surface area contributed by atoms with Crippen LogP contribution in [0, 0.1) is 0 Å². The van der Waals surface area contributed by atoms with E-state index in [0.717, 1.165) is 5.39 Å². The number of benzene rings is 1. The van der Waals surface area contributed by atoms with Gasteiger partial charge in [0.1, 0.15) is 5.82 Å². The van der Waals surface area contributed by atoms with Crippen LogP contribution in [-0.2, 0) is 0 Å². The molecule has 0 saturated heterocycles. The van der Waals surface area contributed by atoms with Gasteiger partial charge in [-0.05, 0) is 20.3 Å². The summed E-state index contributed by atoms with van der Waals surface area (Å²) in [5.74, 6) is -0.351. The topological polar surface area (TPSA) is 82.5 Å². The number of carboxylic acid groups (broad SMARTS) is 1. The van der Waals surface area contributed by atoms with Gasteiger partial charge in [0.15, 0.2) is 0 Å². The highest BCUT2D eigenvalue weighted by Gasteiger charge is 2.14. The number of carbonyl (C=O) groups is 1. The van der Waals surface area contributed by atoms with E-state index in [9.17, 15) is 15.0 Å². The first-order valence-corrected chi connectivity index (χ1v) is 6.54. The third kappa shape index (κ3) is 3.05. The van der Waals surface area contributed by atoms with Gasteiger partial charge in [0, 0.05) is 23.0 Å². The molecule has 0 bridgehead atoms. The molecule has 5 nitrogen and oxygen atoms in total. The third-order valence-electron chi connectivity index (χ3n) is 3.10. The number of fused-ring (bicyclic) bond motifs is 1. The van der Waals surface area contributed by atoms with E-state index in [1.54, 1.807) is 19.1 Å². The van der Waals surface area contributed by atoms with Crippen LogP contribution >= 0.6 is 0 Å². The number of aromatic carboxylic acids is 1. The largest absolute Gasteiger partial charge is 0.478 e. The SMILES string of the molecule is CC(O)CC(C)Nc1ncc(C(=O)O)c2ccccc12. The molecule has 1 aromatic heterocycles. The lowest BCUT2D eigenvalue weighted by Gasteiger charge is -2.17.